The first-order valence-electron chi connectivity index (χ1n) is 5.72. The van der Waals surface area contributed by atoms with E-state index in [0.29, 0.717) is 12.0 Å². The van der Waals surface area contributed by atoms with E-state index in [-0.39, 0.29) is 5.78 Å². The summed E-state index contributed by atoms with van der Waals surface area (Å²) in [6.07, 6.45) is 5.21. The standard InChI is InChI=1S/C15H11NO2/c17-14(9-11-6-8-18-10-11)13-5-1-3-12-4-2-7-16-15(12)13/h1-8,10H,9H2. The van der Waals surface area contributed by atoms with Crippen LogP contribution in [0.25, 0.3) is 10.9 Å². The molecule has 3 aromatic rings. The van der Waals surface area contributed by atoms with Gasteiger partial charge in [-0.2, -0.15) is 0 Å². The topological polar surface area (TPSA) is 43.1 Å². The fourth-order valence-electron chi connectivity index (χ4n) is 2.00. The lowest BCUT2D eigenvalue weighted by atomic mass is 10.0. The summed E-state index contributed by atoms with van der Waals surface area (Å²) in [6, 6.07) is 11.3. The molecule has 2 aromatic heterocycles. The number of nitrogens with zero attached hydrogens (tertiary/aromatic N) is 1. The van der Waals surface area contributed by atoms with Gasteiger partial charge in [0.15, 0.2) is 5.78 Å². The highest BCUT2D eigenvalue weighted by molar-refractivity contribution is 6.07. The number of pyridine rings is 1. The number of rotatable bonds is 3. The van der Waals surface area contributed by atoms with Crippen molar-refractivity contribution in [2.75, 3.05) is 0 Å². The van der Waals surface area contributed by atoms with Crippen LogP contribution in [0.2, 0.25) is 0 Å². The number of hydrogen-bond donors (Lipinski definition) is 0. The molecule has 0 aliphatic carbocycles. The van der Waals surface area contributed by atoms with Gasteiger partial charge in [-0.05, 0) is 23.8 Å². The summed E-state index contributed by atoms with van der Waals surface area (Å²) >= 11 is 0. The van der Waals surface area contributed by atoms with Crippen molar-refractivity contribution < 1.29 is 9.21 Å². The Hall–Kier alpha value is -2.42. The highest BCUT2D eigenvalue weighted by Crippen LogP contribution is 2.18. The molecule has 3 heteroatoms. The average molecular weight is 237 g/mol. The van der Waals surface area contributed by atoms with Gasteiger partial charge in [-0.1, -0.05) is 18.2 Å². The van der Waals surface area contributed by atoms with Crippen LogP contribution in [-0.2, 0) is 6.42 Å². The zero-order chi connectivity index (χ0) is 12.4. The summed E-state index contributed by atoms with van der Waals surface area (Å²) in [6.45, 7) is 0. The van der Waals surface area contributed by atoms with E-state index in [4.69, 9.17) is 4.42 Å². The molecule has 0 saturated carbocycles. The number of Topliss-reactive ketones (excluding diaryl/α,β-unsaturated/α-hetero) is 1. The fourth-order valence-corrected chi connectivity index (χ4v) is 2.00. The predicted octanol–water partition coefficient (Wildman–Crippen LogP) is 3.25. The third-order valence-electron chi connectivity index (χ3n) is 2.88. The van der Waals surface area contributed by atoms with E-state index >= 15 is 0 Å². The first kappa shape index (κ1) is 10.7. The lowest BCUT2D eigenvalue weighted by molar-refractivity contribution is 0.0994. The van der Waals surface area contributed by atoms with Crippen molar-refractivity contribution in [3.63, 3.8) is 0 Å². The molecule has 18 heavy (non-hydrogen) atoms. The van der Waals surface area contributed by atoms with Crippen LogP contribution in [0.5, 0.6) is 0 Å². The molecule has 0 aliphatic rings. The lowest BCUT2D eigenvalue weighted by Crippen LogP contribution is -2.04. The van der Waals surface area contributed by atoms with Gasteiger partial charge in [0.1, 0.15) is 0 Å². The zero-order valence-corrected chi connectivity index (χ0v) is 9.67. The van der Waals surface area contributed by atoms with Crippen molar-refractivity contribution in [2.45, 2.75) is 6.42 Å². The Balaban J connectivity index is 2.01. The maximum Gasteiger partial charge on any atom is 0.169 e. The fraction of sp³-hybridized carbons (Fsp3) is 0.0667. The molecule has 0 N–H and O–H groups in total. The summed E-state index contributed by atoms with van der Waals surface area (Å²) in [5, 5.41) is 0.982. The number of carbonyl (C=O) groups excluding carboxylic acids is 1. The van der Waals surface area contributed by atoms with E-state index in [1.807, 2.05) is 30.3 Å². The van der Waals surface area contributed by atoms with Crippen LogP contribution in [0.1, 0.15) is 15.9 Å². The molecule has 3 nitrogen and oxygen atoms in total. The molecule has 0 atom stereocenters. The van der Waals surface area contributed by atoms with Gasteiger partial charge < -0.3 is 4.42 Å². The Morgan fingerprint density at radius 2 is 2.06 bits per heavy atom. The lowest BCUT2D eigenvalue weighted by Gasteiger charge is -2.03. The summed E-state index contributed by atoms with van der Waals surface area (Å²) < 4.78 is 4.97. The Morgan fingerprint density at radius 1 is 1.17 bits per heavy atom. The monoisotopic (exact) mass is 237 g/mol. The van der Waals surface area contributed by atoms with Crippen LogP contribution in [-0.4, -0.2) is 10.8 Å². The molecule has 0 amide bonds. The summed E-state index contributed by atoms with van der Waals surface area (Å²) in [5.41, 5.74) is 2.30. The van der Waals surface area contributed by atoms with Gasteiger partial charge in [0.05, 0.1) is 18.0 Å². The van der Waals surface area contributed by atoms with Gasteiger partial charge in [-0.15, -0.1) is 0 Å². The Morgan fingerprint density at radius 3 is 2.89 bits per heavy atom. The highest BCUT2D eigenvalue weighted by Gasteiger charge is 2.11. The zero-order valence-electron chi connectivity index (χ0n) is 9.67. The van der Waals surface area contributed by atoms with Crippen LogP contribution in [0, 0.1) is 0 Å². The molecular weight excluding hydrogens is 226 g/mol. The molecule has 1 aromatic carbocycles. The van der Waals surface area contributed by atoms with Crippen molar-refractivity contribution in [1.82, 2.24) is 4.98 Å². The van der Waals surface area contributed by atoms with Crippen molar-refractivity contribution in [3.8, 4) is 0 Å². The molecule has 88 valence electrons. The van der Waals surface area contributed by atoms with Gasteiger partial charge >= 0.3 is 0 Å². The van der Waals surface area contributed by atoms with Crippen LogP contribution in [0.3, 0.4) is 0 Å². The Kier molecular flexibility index (Phi) is 2.65. The van der Waals surface area contributed by atoms with Crippen molar-refractivity contribution in [2.24, 2.45) is 0 Å². The molecule has 2 heterocycles. The number of benzene rings is 1. The Labute approximate surface area is 104 Å². The number of hydrogen-bond acceptors (Lipinski definition) is 3. The highest BCUT2D eigenvalue weighted by atomic mass is 16.3. The van der Waals surface area contributed by atoms with Crippen LogP contribution in [0.4, 0.5) is 0 Å². The maximum atomic E-state index is 12.2. The number of furan rings is 1. The molecule has 0 aliphatic heterocycles. The second-order valence-corrected chi connectivity index (χ2v) is 4.11. The third kappa shape index (κ3) is 1.91. The molecule has 3 rings (SSSR count). The van der Waals surface area contributed by atoms with Gasteiger partial charge in [0, 0.05) is 23.6 Å². The SMILES string of the molecule is O=C(Cc1ccoc1)c1cccc2cccnc12. The number of aromatic nitrogens is 1. The molecule has 0 fully saturated rings. The van der Waals surface area contributed by atoms with Crippen LogP contribution >= 0.6 is 0 Å². The third-order valence-corrected chi connectivity index (χ3v) is 2.88. The van der Waals surface area contributed by atoms with Crippen LogP contribution in [0.15, 0.2) is 59.5 Å². The van der Waals surface area contributed by atoms with E-state index < -0.39 is 0 Å². The van der Waals surface area contributed by atoms with E-state index in [1.54, 1.807) is 24.8 Å². The maximum absolute atomic E-state index is 12.2. The molecule has 0 radical (unpaired) electrons. The number of carbonyl (C=O) groups is 1. The minimum absolute atomic E-state index is 0.0562. The minimum Gasteiger partial charge on any atom is -0.472 e. The molecule has 0 spiro atoms. The van der Waals surface area contributed by atoms with E-state index in [2.05, 4.69) is 4.98 Å². The quantitative estimate of drug-likeness (QED) is 0.657. The summed E-state index contributed by atoms with van der Waals surface area (Å²) in [7, 11) is 0. The summed E-state index contributed by atoms with van der Waals surface area (Å²) in [4.78, 5) is 16.5. The summed E-state index contributed by atoms with van der Waals surface area (Å²) in [5.74, 6) is 0.0562. The largest absolute Gasteiger partial charge is 0.472 e. The molecular formula is C15H11NO2. The average Bonchev–Trinajstić information content (AvgIpc) is 2.91. The first-order chi connectivity index (χ1) is 8.84. The van der Waals surface area contributed by atoms with Crippen molar-refractivity contribution >= 4 is 16.7 Å². The van der Waals surface area contributed by atoms with Crippen LogP contribution < -0.4 is 0 Å². The second-order valence-electron chi connectivity index (χ2n) is 4.11. The van der Waals surface area contributed by atoms with Gasteiger partial charge in [-0.25, -0.2) is 0 Å². The number of fused-ring (bicyclic) bond motifs is 1. The second kappa shape index (κ2) is 4.45. The molecule has 0 saturated heterocycles. The van der Waals surface area contributed by atoms with E-state index in [1.165, 1.54) is 0 Å². The molecule has 0 bridgehead atoms. The van der Waals surface area contributed by atoms with Crippen molar-refractivity contribution in [3.05, 3.63) is 66.2 Å². The number of ketones is 1. The van der Waals surface area contributed by atoms with E-state index in [0.717, 1.165) is 16.5 Å². The molecule has 0 unspecified atom stereocenters. The normalized spacial score (nSPS) is 10.7. The van der Waals surface area contributed by atoms with Gasteiger partial charge in [-0.3, -0.25) is 9.78 Å². The van der Waals surface area contributed by atoms with Gasteiger partial charge in [0.2, 0.25) is 0 Å². The van der Waals surface area contributed by atoms with Crippen molar-refractivity contribution in [1.29, 1.82) is 0 Å². The predicted molar refractivity (Wildman–Crippen MR) is 68.5 cm³/mol. The minimum atomic E-state index is 0.0562. The number of para-hydroxylation sites is 1. The van der Waals surface area contributed by atoms with E-state index in [9.17, 15) is 4.79 Å². The van der Waals surface area contributed by atoms with Gasteiger partial charge in [0.25, 0.3) is 0 Å². The smallest absolute Gasteiger partial charge is 0.169 e. The first-order valence-corrected chi connectivity index (χ1v) is 5.72. The Bertz CT molecular complexity index is 681.